The third-order valence-corrected chi connectivity index (χ3v) is 1.14. The van der Waals surface area contributed by atoms with Gasteiger partial charge in [0.05, 0.1) is 0 Å². The highest BCUT2D eigenvalue weighted by molar-refractivity contribution is 5.56. The van der Waals surface area contributed by atoms with Crippen molar-refractivity contribution < 1.29 is 9.63 Å². The van der Waals surface area contributed by atoms with Crippen molar-refractivity contribution in [2.45, 2.75) is 6.10 Å². The number of rotatable bonds is 1. The van der Waals surface area contributed by atoms with E-state index >= 15 is 0 Å². The molecule has 1 unspecified atom stereocenters. The molecule has 2 N–H and O–H groups in total. The van der Waals surface area contributed by atoms with Crippen molar-refractivity contribution in [1.82, 2.24) is 10.8 Å². The predicted octanol–water partition coefficient (Wildman–Crippen LogP) is -1.32. The van der Waals surface area contributed by atoms with Gasteiger partial charge in [0.2, 0.25) is 0 Å². The van der Waals surface area contributed by atoms with Gasteiger partial charge in [0, 0.05) is 19.6 Å². The zero-order valence-electron chi connectivity index (χ0n) is 5.09. The Kier molecular flexibility index (Phi) is 2.63. The van der Waals surface area contributed by atoms with Gasteiger partial charge in [0.15, 0.2) is 6.29 Å². The Morgan fingerprint density at radius 3 is 3.22 bits per heavy atom. The van der Waals surface area contributed by atoms with E-state index in [9.17, 15) is 4.79 Å². The number of hydrogen-bond donors (Lipinski definition) is 2. The Hall–Kier alpha value is -0.450. The van der Waals surface area contributed by atoms with Crippen LogP contribution < -0.4 is 10.8 Å². The van der Waals surface area contributed by atoms with Crippen LogP contribution in [-0.4, -0.2) is 32.0 Å². The van der Waals surface area contributed by atoms with E-state index in [0.717, 1.165) is 19.4 Å². The second kappa shape index (κ2) is 3.55. The first-order chi connectivity index (χ1) is 4.43. The summed E-state index contributed by atoms with van der Waals surface area (Å²) in [7, 11) is 0. The monoisotopic (exact) mass is 130 g/mol. The molecule has 1 heterocycles. The first kappa shape index (κ1) is 6.67. The molecular formula is C5H10N2O2. The van der Waals surface area contributed by atoms with E-state index in [2.05, 4.69) is 10.8 Å². The summed E-state index contributed by atoms with van der Waals surface area (Å²) in [6.45, 7) is 2.21. The van der Waals surface area contributed by atoms with Crippen molar-refractivity contribution in [2.75, 3.05) is 19.6 Å². The quantitative estimate of drug-likeness (QED) is 0.432. The standard InChI is InChI=1S/C5H10N2O2/c8-4-5-3-6-1-2-7-9-5/h4-7H,1-3H2. The third-order valence-electron chi connectivity index (χ3n) is 1.14. The number of hydroxylamine groups is 1. The lowest BCUT2D eigenvalue weighted by Crippen LogP contribution is -2.28. The molecule has 1 fully saturated rings. The van der Waals surface area contributed by atoms with E-state index in [4.69, 9.17) is 4.84 Å². The van der Waals surface area contributed by atoms with Gasteiger partial charge < -0.3 is 10.1 Å². The summed E-state index contributed by atoms with van der Waals surface area (Å²) in [6, 6.07) is 0. The van der Waals surface area contributed by atoms with Gasteiger partial charge in [-0.25, -0.2) is 5.48 Å². The van der Waals surface area contributed by atoms with Crippen LogP contribution in [0, 0.1) is 0 Å². The largest absolute Gasteiger partial charge is 0.312 e. The molecule has 1 saturated heterocycles. The maximum Gasteiger partial charge on any atom is 0.152 e. The molecule has 0 aliphatic carbocycles. The predicted molar refractivity (Wildman–Crippen MR) is 31.8 cm³/mol. The molecular weight excluding hydrogens is 120 g/mol. The van der Waals surface area contributed by atoms with Crippen molar-refractivity contribution in [2.24, 2.45) is 0 Å². The number of carbonyl (C=O) groups excluding carboxylic acids is 1. The van der Waals surface area contributed by atoms with E-state index in [0.29, 0.717) is 6.54 Å². The summed E-state index contributed by atoms with van der Waals surface area (Å²) < 4.78 is 0. The van der Waals surface area contributed by atoms with E-state index in [-0.39, 0.29) is 6.10 Å². The Morgan fingerprint density at radius 2 is 2.44 bits per heavy atom. The van der Waals surface area contributed by atoms with Crippen LogP contribution in [0.1, 0.15) is 0 Å². The lowest BCUT2D eigenvalue weighted by atomic mass is 10.4. The van der Waals surface area contributed by atoms with Crippen molar-refractivity contribution in [3.8, 4) is 0 Å². The molecule has 1 atom stereocenters. The van der Waals surface area contributed by atoms with Gasteiger partial charge in [-0.15, -0.1) is 0 Å². The molecule has 0 radical (unpaired) electrons. The molecule has 0 spiro atoms. The van der Waals surface area contributed by atoms with Crippen LogP contribution in [0.15, 0.2) is 0 Å². The van der Waals surface area contributed by atoms with Crippen molar-refractivity contribution in [3.05, 3.63) is 0 Å². The molecule has 1 rings (SSSR count). The minimum Gasteiger partial charge on any atom is -0.312 e. The van der Waals surface area contributed by atoms with Gasteiger partial charge >= 0.3 is 0 Å². The van der Waals surface area contributed by atoms with Crippen LogP contribution in [0.5, 0.6) is 0 Å². The van der Waals surface area contributed by atoms with E-state index in [1.165, 1.54) is 0 Å². The summed E-state index contributed by atoms with van der Waals surface area (Å²) in [5.41, 5.74) is 2.65. The molecule has 1 aliphatic rings. The lowest BCUT2D eigenvalue weighted by molar-refractivity contribution is -0.121. The highest BCUT2D eigenvalue weighted by atomic mass is 16.7. The van der Waals surface area contributed by atoms with Crippen LogP contribution in [0.3, 0.4) is 0 Å². The molecule has 0 aromatic carbocycles. The van der Waals surface area contributed by atoms with Crippen LogP contribution in [0.4, 0.5) is 0 Å². The van der Waals surface area contributed by atoms with Gasteiger partial charge in [0.1, 0.15) is 6.10 Å². The van der Waals surface area contributed by atoms with Crippen molar-refractivity contribution in [1.29, 1.82) is 0 Å². The molecule has 0 aromatic heterocycles. The lowest BCUT2D eigenvalue weighted by Gasteiger charge is -2.04. The van der Waals surface area contributed by atoms with Gasteiger partial charge in [-0.3, -0.25) is 4.84 Å². The average molecular weight is 130 g/mol. The minimum absolute atomic E-state index is 0.326. The first-order valence-electron chi connectivity index (χ1n) is 2.98. The fourth-order valence-electron chi connectivity index (χ4n) is 0.667. The number of aldehydes is 1. The summed E-state index contributed by atoms with van der Waals surface area (Å²) in [6.07, 6.45) is 0.457. The Bertz CT molecular complexity index is 89.0. The van der Waals surface area contributed by atoms with Gasteiger partial charge in [-0.05, 0) is 0 Å². The summed E-state index contributed by atoms with van der Waals surface area (Å²) in [5.74, 6) is 0. The highest BCUT2D eigenvalue weighted by Crippen LogP contribution is 1.84. The zero-order valence-corrected chi connectivity index (χ0v) is 5.09. The van der Waals surface area contributed by atoms with Crippen LogP contribution in [0.2, 0.25) is 0 Å². The van der Waals surface area contributed by atoms with Crippen LogP contribution >= 0.6 is 0 Å². The molecule has 0 bridgehead atoms. The van der Waals surface area contributed by atoms with Crippen LogP contribution in [-0.2, 0) is 9.63 Å². The SMILES string of the molecule is O=CC1CNCCNO1. The summed E-state index contributed by atoms with van der Waals surface area (Å²) >= 11 is 0. The summed E-state index contributed by atoms with van der Waals surface area (Å²) in [4.78, 5) is 15.0. The van der Waals surface area contributed by atoms with Crippen molar-refractivity contribution >= 4 is 6.29 Å². The van der Waals surface area contributed by atoms with Gasteiger partial charge in [-0.2, -0.15) is 0 Å². The number of nitrogens with one attached hydrogen (secondary N) is 2. The molecule has 4 nitrogen and oxygen atoms in total. The number of carbonyl (C=O) groups is 1. The Labute approximate surface area is 53.5 Å². The molecule has 0 aromatic rings. The molecule has 0 amide bonds. The fourth-order valence-corrected chi connectivity index (χ4v) is 0.667. The average Bonchev–Trinajstić information content (AvgIpc) is 2.13. The smallest absolute Gasteiger partial charge is 0.152 e. The second-order valence-electron chi connectivity index (χ2n) is 1.89. The highest BCUT2D eigenvalue weighted by Gasteiger charge is 2.09. The fraction of sp³-hybridized carbons (Fsp3) is 0.800. The minimum atomic E-state index is -0.326. The molecule has 9 heavy (non-hydrogen) atoms. The third kappa shape index (κ3) is 2.09. The van der Waals surface area contributed by atoms with Crippen LogP contribution in [0.25, 0.3) is 0 Å². The van der Waals surface area contributed by atoms with E-state index in [1.54, 1.807) is 0 Å². The Balaban J connectivity index is 2.26. The Morgan fingerprint density at radius 1 is 1.56 bits per heavy atom. The van der Waals surface area contributed by atoms with Gasteiger partial charge in [-0.1, -0.05) is 0 Å². The maximum atomic E-state index is 10.1. The van der Waals surface area contributed by atoms with E-state index < -0.39 is 0 Å². The molecule has 52 valence electrons. The number of hydrogen-bond acceptors (Lipinski definition) is 4. The maximum absolute atomic E-state index is 10.1. The normalized spacial score (nSPS) is 29.1. The summed E-state index contributed by atoms with van der Waals surface area (Å²) in [5, 5.41) is 3.03. The molecule has 1 aliphatic heterocycles. The van der Waals surface area contributed by atoms with E-state index in [1.807, 2.05) is 0 Å². The molecule has 4 heteroatoms. The second-order valence-corrected chi connectivity index (χ2v) is 1.89. The topological polar surface area (TPSA) is 50.4 Å². The zero-order chi connectivity index (χ0) is 6.53. The first-order valence-corrected chi connectivity index (χ1v) is 2.98. The van der Waals surface area contributed by atoms with Gasteiger partial charge in [0.25, 0.3) is 0 Å². The molecule has 0 saturated carbocycles. The van der Waals surface area contributed by atoms with Crippen molar-refractivity contribution in [3.63, 3.8) is 0 Å².